The largest absolute Gasteiger partial charge is 0.507 e. The lowest BCUT2D eigenvalue weighted by molar-refractivity contribution is -0.385. The van der Waals surface area contributed by atoms with E-state index >= 15 is 0 Å². The number of carbonyl (C=O) groups is 2. The number of rotatable bonds is 1. The van der Waals surface area contributed by atoms with E-state index in [4.69, 9.17) is 5.73 Å². The van der Waals surface area contributed by atoms with Gasteiger partial charge in [0.1, 0.15) is 17.1 Å². The van der Waals surface area contributed by atoms with E-state index in [1.807, 2.05) is 0 Å². The first-order valence-corrected chi connectivity index (χ1v) is 6.05. The van der Waals surface area contributed by atoms with Gasteiger partial charge in [0.15, 0.2) is 0 Å². The van der Waals surface area contributed by atoms with Gasteiger partial charge in [0.05, 0.1) is 21.6 Å². The van der Waals surface area contributed by atoms with E-state index in [-0.39, 0.29) is 16.8 Å². The molecule has 110 valence electrons. The lowest BCUT2D eigenvalue weighted by Crippen LogP contribution is -2.23. The number of carbonyl (C=O) groups excluding carboxylic acids is 2. The first-order chi connectivity index (χ1) is 10.3. The summed E-state index contributed by atoms with van der Waals surface area (Å²) in [4.78, 5) is 35.3. The van der Waals surface area contributed by atoms with Gasteiger partial charge in [0.2, 0.25) is 11.6 Å². The van der Waals surface area contributed by atoms with Crippen molar-refractivity contribution in [3.63, 3.8) is 0 Å². The van der Waals surface area contributed by atoms with Crippen molar-refractivity contribution in [1.29, 1.82) is 0 Å². The minimum absolute atomic E-state index is 0.0885. The molecule has 1 aliphatic rings. The van der Waals surface area contributed by atoms with Crippen LogP contribution in [-0.4, -0.2) is 26.7 Å². The monoisotopic (exact) mass is 300 g/mol. The summed E-state index contributed by atoms with van der Waals surface area (Å²) < 4.78 is 0. The fourth-order valence-corrected chi connectivity index (χ4v) is 2.52. The summed E-state index contributed by atoms with van der Waals surface area (Å²) in [5, 5.41) is 30.7. The fourth-order valence-electron chi connectivity index (χ4n) is 2.52. The summed E-state index contributed by atoms with van der Waals surface area (Å²) in [6.45, 7) is 0. The quantitative estimate of drug-likeness (QED) is 0.266. The molecular formula is C14H8N2O6. The smallest absolute Gasteiger partial charge is 0.281 e. The van der Waals surface area contributed by atoms with E-state index in [1.54, 1.807) is 0 Å². The molecule has 3 rings (SSSR count). The molecule has 2 aromatic rings. The molecule has 0 unspecified atom stereocenters. The Morgan fingerprint density at radius 3 is 1.95 bits per heavy atom. The Morgan fingerprint density at radius 1 is 0.864 bits per heavy atom. The third-order valence-corrected chi connectivity index (χ3v) is 3.48. The van der Waals surface area contributed by atoms with E-state index in [1.165, 1.54) is 6.07 Å². The molecule has 0 bridgehead atoms. The van der Waals surface area contributed by atoms with Gasteiger partial charge in [-0.15, -0.1) is 0 Å². The number of phenols is 2. The zero-order valence-corrected chi connectivity index (χ0v) is 10.9. The number of anilines is 1. The van der Waals surface area contributed by atoms with Crippen molar-refractivity contribution in [2.24, 2.45) is 0 Å². The molecule has 0 fully saturated rings. The predicted molar refractivity (Wildman–Crippen MR) is 74.1 cm³/mol. The summed E-state index contributed by atoms with van der Waals surface area (Å²) in [7, 11) is 0. The average Bonchev–Trinajstić information content (AvgIpc) is 2.46. The van der Waals surface area contributed by atoms with Crippen LogP contribution in [0.4, 0.5) is 11.4 Å². The van der Waals surface area contributed by atoms with Crippen molar-refractivity contribution >= 4 is 22.9 Å². The van der Waals surface area contributed by atoms with Crippen LogP contribution in [0.15, 0.2) is 24.3 Å². The molecule has 1 aliphatic carbocycles. The second-order valence-corrected chi connectivity index (χ2v) is 4.69. The zero-order chi connectivity index (χ0) is 16.2. The number of hydrogen-bond donors (Lipinski definition) is 3. The van der Waals surface area contributed by atoms with E-state index in [2.05, 4.69) is 0 Å². The Bertz CT molecular complexity index is 887. The summed E-state index contributed by atoms with van der Waals surface area (Å²) in [5.74, 6) is -2.85. The third kappa shape index (κ3) is 1.57. The van der Waals surface area contributed by atoms with Gasteiger partial charge in [0.25, 0.3) is 5.69 Å². The van der Waals surface area contributed by atoms with Crippen LogP contribution in [0, 0.1) is 10.1 Å². The normalized spacial score (nSPS) is 12.7. The number of phenolic OH excluding ortho intramolecular Hbond substituents is 2. The molecular weight excluding hydrogens is 292 g/mol. The van der Waals surface area contributed by atoms with Crippen LogP contribution in [0.25, 0.3) is 0 Å². The Hall–Kier alpha value is -3.42. The highest BCUT2D eigenvalue weighted by Crippen LogP contribution is 2.42. The van der Waals surface area contributed by atoms with Crippen molar-refractivity contribution in [1.82, 2.24) is 0 Å². The minimum Gasteiger partial charge on any atom is -0.507 e. The van der Waals surface area contributed by atoms with Gasteiger partial charge in [-0.3, -0.25) is 19.7 Å². The van der Waals surface area contributed by atoms with Crippen molar-refractivity contribution in [2.45, 2.75) is 0 Å². The van der Waals surface area contributed by atoms with Crippen LogP contribution >= 0.6 is 0 Å². The molecule has 0 saturated carbocycles. The number of benzene rings is 2. The van der Waals surface area contributed by atoms with Gasteiger partial charge in [-0.25, -0.2) is 0 Å². The molecule has 8 nitrogen and oxygen atoms in total. The van der Waals surface area contributed by atoms with Crippen molar-refractivity contribution in [2.75, 3.05) is 5.73 Å². The Balaban J connectivity index is 2.47. The molecule has 0 saturated heterocycles. The minimum atomic E-state index is -0.893. The van der Waals surface area contributed by atoms with Crippen LogP contribution in [0.3, 0.4) is 0 Å². The Morgan fingerprint density at radius 2 is 1.36 bits per heavy atom. The average molecular weight is 300 g/mol. The molecule has 0 radical (unpaired) electrons. The maximum absolute atomic E-state index is 12.5. The van der Waals surface area contributed by atoms with Crippen LogP contribution in [0.2, 0.25) is 0 Å². The Labute approximate surface area is 122 Å². The highest BCUT2D eigenvalue weighted by molar-refractivity contribution is 6.33. The molecule has 0 heterocycles. The maximum atomic E-state index is 12.5. The van der Waals surface area contributed by atoms with Gasteiger partial charge in [0, 0.05) is 11.8 Å². The topological polar surface area (TPSA) is 144 Å². The summed E-state index contributed by atoms with van der Waals surface area (Å²) in [5.41, 5.74) is 3.27. The van der Waals surface area contributed by atoms with Crippen LogP contribution in [-0.2, 0) is 0 Å². The maximum Gasteiger partial charge on any atom is 0.281 e. The lowest BCUT2D eigenvalue weighted by Gasteiger charge is -2.20. The predicted octanol–water partition coefficient (Wildman–Crippen LogP) is 1.36. The lowest BCUT2D eigenvalue weighted by atomic mass is 9.81. The molecule has 0 amide bonds. The summed E-state index contributed by atoms with van der Waals surface area (Å²) >= 11 is 0. The number of fused-ring (bicyclic) bond motifs is 2. The molecule has 4 N–H and O–H groups in total. The first-order valence-electron chi connectivity index (χ1n) is 6.05. The van der Waals surface area contributed by atoms with Gasteiger partial charge in [-0.2, -0.15) is 0 Å². The fraction of sp³-hybridized carbons (Fsp3) is 0. The molecule has 0 spiro atoms. The first kappa shape index (κ1) is 13.6. The zero-order valence-electron chi connectivity index (χ0n) is 10.9. The second-order valence-electron chi connectivity index (χ2n) is 4.69. The molecule has 0 aromatic heterocycles. The van der Waals surface area contributed by atoms with E-state index < -0.39 is 44.8 Å². The number of nitro benzene ring substituents is 1. The van der Waals surface area contributed by atoms with Gasteiger partial charge in [-0.1, -0.05) is 0 Å². The number of ketones is 2. The molecule has 2 aromatic carbocycles. The SMILES string of the molecule is Nc1ccc(O)c2c1C(=O)c1c([N+](=O)[O-])ccc(O)c1C2=O. The van der Waals surface area contributed by atoms with E-state index in [0.717, 1.165) is 18.2 Å². The van der Waals surface area contributed by atoms with Gasteiger partial charge >= 0.3 is 0 Å². The standard InChI is InChI=1S/C14H8N2O6/c15-5-1-3-7(17)11-9(5)13(19)10-6(16(21)22)2-4-8(18)12(10)14(11)20/h1-4,17-18H,15H2. The van der Waals surface area contributed by atoms with Crippen LogP contribution in [0.5, 0.6) is 11.5 Å². The summed E-state index contributed by atoms with van der Waals surface area (Å²) in [6, 6.07) is 4.25. The Kier molecular flexibility index (Phi) is 2.64. The second kappa shape index (κ2) is 4.29. The number of nitrogens with zero attached hydrogens (tertiary/aromatic N) is 1. The number of aromatic hydroxyl groups is 2. The van der Waals surface area contributed by atoms with Crippen molar-refractivity contribution < 1.29 is 24.7 Å². The summed E-state index contributed by atoms with van der Waals surface area (Å²) in [6.07, 6.45) is 0. The number of nitro groups is 1. The molecule has 22 heavy (non-hydrogen) atoms. The third-order valence-electron chi connectivity index (χ3n) is 3.48. The highest BCUT2D eigenvalue weighted by Gasteiger charge is 2.40. The number of nitrogens with two attached hydrogens (primary N) is 1. The van der Waals surface area contributed by atoms with Crippen molar-refractivity contribution in [3.05, 3.63) is 56.6 Å². The molecule has 0 aliphatic heterocycles. The van der Waals surface area contributed by atoms with E-state index in [0.29, 0.717) is 0 Å². The van der Waals surface area contributed by atoms with Crippen LogP contribution in [0.1, 0.15) is 31.8 Å². The molecule has 0 atom stereocenters. The molecule has 8 heteroatoms. The van der Waals surface area contributed by atoms with E-state index in [9.17, 15) is 29.9 Å². The van der Waals surface area contributed by atoms with Crippen LogP contribution < -0.4 is 5.73 Å². The number of nitrogen functional groups attached to an aromatic ring is 1. The van der Waals surface area contributed by atoms with Gasteiger partial charge in [-0.05, 0) is 18.2 Å². The number of hydrogen-bond acceptors (Lipinski definition) is 7. The van der Waals surface area contributed by atoms with Gasteiger partial charge < -0.3 is 15.9 Å². The highest BCUT2D eigenvalue weighted by atomic mass is 16.6. The van der Waals surface area contributed by atoms with Crippen molar-refractivity contribution in [3.8, 4) is 11.5 Å².